The zero-order valence-electron chi connectivity index (χ0n) is 26.4. The average Bonchev–Trinajstić information content (AvgIpc) is 3.09. The molecule has 0 heterocycles. The van der Waals surface area contributed by atoms with Crippen molar-refractivity contribution in [3.05, 3.63) is 133 Å². The Bertz CT molecular complexity index is 1430. The van der Waals surface area contributed by atoms with Crippen LogP contribution in [-0.2, 0) is 36.9 Å². The first-order valence-electron chi connectivity index (χ1n) is 15.5. The monoisotopic (exact) mass is 641 g/mol. The minimum atomic E-state index is -1.08. The molecule has 0 unspecified atom stereocenters. The second-order valence-corrected chi connectivity index (χ2v) is 10.9. The van der Waals surface area contributed by atoms with E-state index in [-0.39, 0.29) is 44.9 Å². The van der Waals surface area contributed by atoms with Gasteiger partial charge in [0.1, 0.15) is 18.8 Å². The summed E-state index contributed by atoms with van der Waals surface area (Å²) in [5.41, 5.74) is 2.37. The summed E-state index contributed by atoms with van der Waals surface area (Å²) in [4.78, 5) is 51.9. The van der Waals surface area contributed by atoms with E-state index in [1.165, 1.54) is 6.08 Å². The molecule has 4 atom stereocenters. The highest BCUT2D eigenvalue weighted by Gasteiger charge is 2.28. The minimum Gasteiger partial charge on any atom is -0.454 e. The molecule has 0 aromatic heterocycles. The summed E-state index contributed by atoms with van der Waals surface area (Å²) < 4.78 is 11.1. The van der Waals surface area contributed by atoms with Gasteiger partial charge in [-0.05, 0) is 36.0 Å². The smallest absolute Gasteiger partial charge is 0.408 e. The number of hydrogen-bond acceptors (Lipinski definition) is 7. The highest BCUT2D eigenvalue weighted by molar-refractivity contribution is 5.86. The van der Waals surface area contributed by atoms with Gasteiger partial charge in [-0.15, -0.1) is 13.2 Å². The molecule has 3 aromatic rings. The quantitative estimate of drug-likeness (QED) is 0.111. The first-order chi connectivity index (χ1) is 22.8. The molecule has 0 aliphatic heterocycles. The lowest BCUT2D eigenvalue weighted by molar-refractivity contribution is -0.152. The van der Waals surface area contributed by atoms with Crippen LogP contribution >= 0.6 is 0 Å². The number of rotatable bonds is 19. The standard InChI is InChI=1S/C37H43N3O7/c1-3-14-30(23-34(42)39-31(25-41)22-27-16-8-5-9-17-27)35(43)38-24-33(29-20-12-7-13-21-29)47-36(44)32(15-4-2)40-37(45)46-26-28-18-10-6-11-19-28/h3-13,16-21,30-33,41H,1-2,14-15,22-26H2,(H,38,43)(H,39,42)(H,40,45)/t30-,31-,32+,33-/m0/s1. The molecule has 0 saturated heterocycles. The molecule has 0 aliphatic carbocycles. The molecule has 248 valence electrons. The number of aliphatic hydroxyl groups is 1. The van der Waals surface area contributed by atoms with Crippen LogP contribution in [0.1, 0.15) is 42.1 Å². The third kappa shape index (κ3) is 13.0. The Hall–Kier alpha value is -5.22. The number of carbonyl (C=O) groups excluding carboxylic acids is 4. The number of allylic oxidation sites excluding steroid dienone is 1. The Balaban J connectivity index is 1.61. The van der Waals surface area contributed by atoms with Crippen molar-refractivity contribution in [3.8, 4) is 0 Å². The van der Waals surface area contributed by atoms with Crippen molar-refractivity contribution in [3.63, 3.8) is 0 Å². The Kier molecular flexibility index (Phi) is 15.4. The van der Waals surface area contributed by atoms with Crippen LogP contribution in [0.4, 0.5) is 4.79 Å². The second kappa shape index (κ2) is 20.0. The van der Waals surface area contributed by atoms with Crippen molar-refractivity contribution in [2.45, 2.75) is 50.5 Å². The maximum Gasteiger partial charge on any atom is 0.408 e. The molecule has 3 aromatic carbocycles. The first kappa shape index (κ1) is 36.3. The van der Waals surface area contributed by atoms with Crippen LogP contribution < -0.4 is 16.0 Å². The van der Waals surface area contributed by atoms with E-state index in [4.69, 9.17) is 9.47 Å². The molecule has 4 N–H and O–H groups in total. The molecule has 0 saturated carbocycles. The van der Waals surface area contributed by atoms with E-state index in [0.717, 1.165) is 11.1 Å². The van der Waals surface area contributed by atoms with Gasteiger partial charge in [-0.2, -0.15) is 0 Å². The van der Waals surface area contributed by atoms with Crippen LogP contribution in [0.25, 0.3) is 0 Å². The summed E-state index contributed by atoms with van der Waals surface area (Å²) >= 11 is 0. The van der Waals surface area contributed by atoms with Gasteiger partial charge < -0.3 is 30.5 Å². The lowest BCUT2D eigenvalue weighted by Crippen LogP contribution is -2.44. The van der Waals surface area contributed by atoms with Crippen molar-refractivity contribution >= 4 is 23.9 Å². The van der Waals surface area contributed by atoms with E-state index >= 15 is 0 Å². The van der Waals surface area contributed by atoms with Crippen LogP contribution in [0.3, 0.4) is 0 Å². The average molecular weight is 642 g/mol. The topological polar surface area (TPSA) is 143 Å². The molecule has 3 amide bonds. The van der Waals surface area contributed by atoms with Crippen LogP contribution in [0.5, 0.6) is 0 Å². The van der Waals surface area contributed by atoms with Crippen LogP contribution in [0.2, 0.25) is 0 Å². The van der Waals surface area contributed by atoms with Gasteiger partial charge in [0, 0.05) is 6.42 Å². The molecule has 10 nitrogen and oxygen atoms in total. The number of ether oxygens (including phenoxy) is 2. The zero-order valence-corrected chi connectivity index (χ0v) is 26.4. The summed E-state index contributed by atoms with van der Waals surface area (Å²) in [6.45, 7) is 7.08. The van der Waals surface area contributed by atoms with E-state index in [0.29, 0.717) is 12.0 Å². The van der Waals surface area contributed by atoms with Crippen molar-refractivity contribution in [1.82, 2.24) is 16.0 Å². The van der Waals surface area contributed by atoms with Crippen molar-refractivity contribution in [2.24, 2.45) is 5.92 Å². The van der Waals surface area contributed by atoms with Gasteiger partial charge >= 0.3 is 12.1 Å². The molecular weight excluding hydrogens is 598 g/mol. The summed E-state index contributed by atoms with van der Waals surface area (Å²) in [5.74, 6) is -2.29. The Labute approximate surface area is 275 Å². The summed E-state index contributed by atoms with van der Waals surface area (Å²) in [6, 6.07) is 25.9. The van der Waals surface area contributed by atoms with Gasteiger partial charge in [-0.3, -0.25) is 9.59 Å². The lowest BCUT2D eigenvalue weighted by Gasteiger charge is -2.24. The molecule has 0 radical (unpaired) electrons. The minimum absolute atomic E-state index is 0.0266. The molecule has 0 bridgehead atoms. The Morgan fingerprint density at radius 1 is 0.787 bits per heavy atom. The summed E-state index contributed by atoms with van der Waals surface area (Å²) in [6.07, 6.45) is 1.98. The number of carbonyl (C=O) groups is 4. The third-order valence-corrected chi connectivity index (χ3v) is 7.25. The normalized spacial score (nSPS) is 13.1. The first-order valence-corrected chi connectivity index (χ1v) is 15.5. The van der Waals surface area contributed by atoms with Crippen molar-refractivity contribution < 1.29 is 33.8 Å². The number of nitrogens with one attached hydrogen (secondary N) is 3. The van der Waals surface area contributed by atoms with Gasteiger partial charge in [0.05, 0.1) is 25.1 Å². The maximum absolute atomic E-state index is 13.3. The van der Waals surface area contributed by atoms with Gasteiger partial charge in [0.25, 0.3) is 0 Å². The number of amides is 3. The Morgan fingerprint density at radius 3 is 1.98 bits per heavy atom. The number of esters is 1. The van der Waals surface area contributed by atoms with E-state index in [1.807, 2.05) is 66.7 Å². The highest BCUT2D eigenvalue weighted by Crippen LogP contribution is 2.19. The SMILES string of the molecule is C=CC[C@@H](CC(=O)N[C@H](CO)Cc1ccccc1)C(=O)NC[C@H](OC(=O)[C@@H](CC=C)NC(=O)OCc1ccccc1)c1ccccc1. The lowest BCUT2D eigenvalue weighted by atomic mass is 9.98. The summed E-state index contributed by atoms with van der Waals surface area (Å²) in [7, 11) is 0. The molecular formula is C37H43N3O7. The van der Waals surface area contributed by atoms with E-state index in [2.05, 4.69) is 29.1 Å². The maximum atomic E-state index is 13.3. The van der Waals surface area contributed by atoms with E-state index < -0.39 is 42.1 Å². The largest absolute Gasteiger partial charge is 0.454 e. The fraction of sp³-hybridized carbons (Fsp3) is 0.297. The van der Waals surface area contributed by atoms with Gasteiger partial charge in [0.15, 0.2) is 0 Å². The van der Waals surface area contributed by atoms with Gasteiger partial charge in [-0.1, -0.05) is 103 Å². The van der Waals surface area contributed by atoms with Crippen molar-refractivity contribution in [1.29, 1.82) is 0 Å². The van der Waals surface area contributed by atoms with Crippen LogP contribution in [0.15, 0.2) is 116 Å². The molecule has 0 aliphatic rings. The number of hydrogen-bond donors (Lipinski definition) is 4. The Morgan fingerprint density at radius 2 is 1.38 bits per heavy atom. The number of alkyl carbamates (subject to hydrolysis) is 1. The van der Waals surface area contributed by atoms with Crippen LogP contribution in [0, 0.1) is 5.92 Å². The third-order valence-electron chi connectivity index (χ3n) is 7.25. The van der Waals surface area contributed by atoms with Gasteiger partial charge in [0.2, 0.25) is 11.8 Å². The molecule has 0 fully saturated rings. The fourth-order valence-corrected chi connectivity index (χ4v) is 4.80. The predicted molar refractivity (Wildman–Crippen MR) is 179 cm³/mol. The molecule has 47 heavy (non-hydrogen) atoms. The van der Waals surface area contributed by atoms with Crippen LogP contribution in [-0.4, -0.2) is 54.2 Å². The molecule has 3 rings (SSSR count). The van der Waals surface area contributed by atoms with E-state index in [1.54, 1.807) is 30.3 Å². The zero-order chi connectivity index (χ0) is 33.9. The van der Waals surface area contributed by atoms with Crippen molar-refractivity contribution in [2.75, 3.05) is 13.2 Å². The van der Waals surface area contributed by atoms with Gasteiger partial charge in [-0.25, -0.2) is 9.59 Å². The number of benzene rings is 3. The summed E-state index contributed by atoms with van der Waals surface area (Å²) in [5, 5.41) is 18.0. The number of aliphatic hydroxyl groups excluding tert-OH is 1. The predicted octanol–water partition coefficient (Wildman–Crippen LogP) is 4.56. The molecule has 10 heteroatoms. The molecule has 0 spiro atoms. The second-order valence-electron chi connectivity index (χ2n) is 10.9. The van der Waals surface area contributed by atoms with E-state index in [9.17, 15) is 24.3 Å². The highest BCUT2D eigenvalue weighted by atomic mass is 16.6. The fourth-order valence-electron chi connectivity index (χ4n) is 4.80.